The van der Waals surface area contributed by atoms with E-state index in [0.717, 1.165) is 41.3 Å². The summed E-state index contributed by atoms with van der Waals surface area (Å²) in [5, 5.41) is 2.68. The van der Waals surface area contributed by atoms with E-state index in [4.69, 9.17) is 14.2 Å². The molecule has 2 aromatic carbocycles. The quantitative estimate of drug-likeness (QED) is 0.498. The molecule has 3 aliphatic rings. The Morgan fingerprint density at radius 1 is 1.14 bits per heavy atom. The molecule has 2 amide bonds. The van der Waals surface area contributed by atoms with Gasteiger partial charge in [-0.1, -0.05) is 18.2 Å². The predicted molar refractivity (Wildman–Crippen MR) is 135 cm³/mol. The molecule has 36 heavy (non-hydrogen) atoms. The molecule has 0 N–H and O–H groups in total. The van der Waals surface area contributed by atoms with Crippen LogP contribution in [-0.4, -0.2) is 71.8 Å². The van der Waals surface area contributed by atoms with Crippen LogP contribution in [0.3, 0.4) is 0 Å². The molecular weight excluding hydrogens is 478 g/mol. The number of cyclic esters (lactones) is 1. The van der Waals surface area contributed by atoms with E-state index in [9.17, 15) is 9.59 Å². The Morgan fingerprint density at radius 3 is 2.81 bits per heavy atom. The zero-order valence-corrected chi connectivity index (χ0v) is 20.6. The van der Waals surface area contributed by atoms with Crippen molar-refractivity contribution in [2.24, 2.45) is 0 Å². The molecule has 2 fully saturated rings. The van der Waals surface area contributed by atoms with Gasteiger partial charge in [-0.25, -0.2) is 9.78 Å². The van der Waals surface area contributed by atoms with Crippen molar-refractivity contribution in [3.8, 4) is 22.1 Å². The molecule has 3 aliphatic heterocycles. The van der Waals surface area contributed by atoms with Crippen molar-refractivity contribution in [2.75, 3.05) is 32.8 Å². The highest BCUT2D eigenvalue weighted by atomic mass is 32.1. The maximum atomic E-state index is 13.1. The summed E-state index contributed by atoms with van der Waals surface area (Å²) < 4.78 is 16.9. The lowest BCUT2D eigenvalue weighted by Crippen LogP contribution is -2.47. The number of likely N-dealkylation sites (tertiary alicyclic amines) is 1. The van der Waals surface area contributed by atoms with E-state index in [1.807, 2.05) is 52.7 Å². The number of aromatic nitrogens is 1. The zero-order valence-electron chi connectivity index (χ0n) is 19.8. The summed E-state index contributed by atoms with van der Waals surface area (Å²) in [6, 6.07) is 15.7. The lowest BCUT2D eigenvalue weighted by atomic mass is 10.0. The molecule has 0 spiro atoms. The minimum Gasteiger partial charge on any atom is -0.493 e. The third-order valence-corrected chi connectivity index (χ3v) is 7.82. The van der Waals surface area contributed by atoms with Gasteiger partial charge in [-0.15, -0.1) is 11.3 Å². The van der Waals surface area contributed by atoms with Gasteiger partial charge in [-0.2, -0.15) is 0 Å². The number of fused-ring (bicyclic) bond motifs is 1. The number of rotatable bonds is 6. The first-order valence-electron chi connectivity index (χ1n) is 12.3. The molecule has 6 rings (SSSR count). The number of carbonyl (C=O) groups is 2. The van der Waals surface area contributed by atoms with Crippen molar-refractivity contribution in [2.45, 2.75) is 31.4 Å². The molecule has 1 aromatic heterocycles. The van der Waals surface area contributed by atoms with Crippen LogP contribution in [0.2, 0.25) is 0 Å². The minimum atomic E-state index is -0.301. The van der Waals surface area contributed by atoms with Crippen LogP contribution in [0.15, 0.2) is 53.9 Å². The van der Waals surface area contributed by atoms with E-state index >= 15 is 0 Å². The highest BCUT2D eigenvalue weighted by Gasteiger charge is 2.38. The van der Waals surface area contributed by atoms with Crippen LogP contribution in [0.4, 0.5) is 4.79 Å². The summed E-state index contributed by atoms with van der Waals surface area (Å²) in [4.78, 5) is 33.9. The Morgan fingerprint density at radius 2 is 1.97 bits per heavy atom. The second kappa shape index (κ2) is 9.81. The highest BCUT2D eigenvalue weighted by Crippen LogP contribution is 2.32. The summed E-state index contributed by atoms with van der Waals surface area (Å²) in [6.07, 6.45) is 1.74. The van der Waals surface area contributed by atoms with Gasteiger partial charge >= 0.3 is 6.09 Å². The number of ether oxygens (including phenoxy) is 3. The van der Waals surface area contributed by atoms with Crippen LogP contribution in [0.25, 0.3) is 10.6 Å². The van der Waals surface area contributed by atoms with Gasteiger partial charge in [0.05, 0.1) is 13.2 Å². The van der Waals surface area contributed by atoms with E-state index in [-0.39, 0.29) is 24.1 Å². The number of nitrogens with zero attached hydrogens (tertiary/aromatic N) is 3. The third kappa shape index (κ3) is 4.63. The standard InChI is InChI=1S/C27H27N3O5S/c31-26(23-17-36-25(28-23)19-6-7-24-18(14-19)10-13-33-24)29-11-8-20(9-12-29)30-15-22(35-27(30)32)16-34-21-4-2-1-3-5-21/h1-7,14,17,20,22H,8-13,15-16H2. The van der Waals surface area contributed by atoms with Gasteiger partial charge in [-0.05, 0) is 48.7 Å². The first-order valence-corrected chi connectivity index (χ1v) is 13.2. The van der Waals surface area contributed by atoms with Crippen molar-refractivity contribution in [3.63, 3.8) is 0 Å². The number of benzene rings is 2. The monoisotopic (exact) mass is 505 g/mol. The number of carbonyl (C=O) groups excluding carboxylic acids is 2. The van der Waals surface area contributed by atoms with Crippen molar-refractivity contribution >= 4 is 23.3 Å². The van der Waals surface area contributed by atoms with Gasteiger partial charge < -0.3 is 24.0 Å². The van der Waals surface area contributed by atoms with Crippen molar-refractivity contribution in [1.82, 2.24) is 14.8 Å². The van der Waals surface area contributed by atoms with E-state index in [0.29, 0.717) is 38.5 Å². The lowest BCUT2D eigenvalue weighted by molar-refractivity contribution is 0.0653. The Bertz CT molecular complexity index is 1260. The molecule has 186 valence electrons. The average Bonchev–Trinajstić information content (AvgIpc) is 3.67. The minimum absolute atomic E-state index is 0.0569. The zero-order chi connectivity index (χ0) is 24.5. The number of hydrogen-bond donors (Lipinski definition) is 0. The predicted octanol–water partition coefficient (Wildman–Crippen LogP) is 4.25. The smallest absolute Gasteiger partial charge is 0.410 e. The van der Waals surface area contributed by atoms with Crippen molar-refractivity contribution in [1.29, 1.82) is 0 Å². The Labute approximate surface area is 213 Å². The third-order valence-electron chi connectivity index (χ3n) is 6.93. The van der Waals surface area contributed by atoms with E-state index in [1.165, 1.54) is 16.9 Å². The normalized spacial score (nSPS) is 19.7. The largest absolute Gasteiger partial charge is 0.493 e. The van der Waals surface area contributed by atoms with Crippen molar-refractivity contribution in [3.05, 3.63) is 65.2 Å². The van der Waals surface area contributed by atoms with Gasteiger partial charge in [0.2, 0.25) is 0 Å². The van der Waals surface area contributed by atoms with E-state index < -0.39 is 0 Å². The molecule has 8 nitrogen and oxygen atoms in total. The maximum absolute atomic E-state index is 13.1. The number of thiazole rings is 1. The van der Waals surface area contributed by atoms with E-state index in [2.05, 4.69) is 11.1 Å². The second-order valence-corrected chi connectivity index (χ2v) is 10.1. The molecule has 0 saturated carbocycles. The van der Waals surface area contributed by atoms with Gasteiger partial charge in [0.15, 0.2) is 6.10 Å². The van der Waals surface area contributed by atoms with Crippen LogP contribution in [-0.2, 0) is 11.2 Å². The fourth-order valence-electron chi connectivity index (χ4n) is 5.00. The summed E-state index contributed by atoms with van der Waals surface area (Å²) in [5.74, 6) is 1.64. The molecule has 2 saturated heterocycles. The Hall–Kier alpha value is -3.59. The lowest BCUT2D eigenvalue weighted by Gasteiger charge is -2.35. The van der Waals surface area contributed by atoms with Gasteiger partial charge in [0.1, 0.15) is 28.8 Å². The fourth-order valence-corrected chi connectivity index (χ4v) is 5.79. The summed E-state index contributed by atoms with van der Waals surface area (Å²) >= 11 is 1.48. The Kier molecular flexibility index (Phi) is 6.23. The molecule has 1 atom stereocenters. The van der Waals surface area contributed by atoms with Crippen LogP contribution in [0.5, 0.6) is 11.5 Å². The number of piperidine rings is 1. The highest BCUT2D eigenvalue weighted by molar-refractivity contribution is 7.13. The van der Waals surface area contributed by atoms with Crippen LogP contribution in [0, 0.1) is 0 Å². The molecule has 0 bridgehead atoms. The van der Waals surface area contributed by atoms with Crippen molar-refractivity contribution < 1.29 is 23.8 Å². The van der Waals surface area contributed by atoms with Gasteiger partial charge in [0, 0.05) is 36.5 Å². The Balaban J connectivity index is 1.02. The molecule has 0 radical (unpaired) electrons. The maximum Gasteiger partial charge on any atom is 0.410 e. The van der Waals surface area contributed by atoms with Crippen LogP contribution >= 0.6 is 11.3 Å². The average molecular weight is 506 g/mol. The summed E-state index contributed by atoms with van der Waals surface area (Å²) in [7, 11) is 0. The molecule has 9 heteroatoms. The first-order chi connectivity index (χ1) is 17.6. The SMILES string of the molecule is O=C(c1csc(-c2ccc3c(c2)CCO3)n1)N1CCC(N2CC(COc3ccccc3)OC2=O)CC1. The first kappa shape index (κ1) is 22.8. The molecule has 4 heterocycles. The van der Waals surface area contributed by atoms with Gasteiger partial charge in [0.25, 0.3) is 5.91 Å². The number of para-hydroxylation sites is 1. The second-order valence-electron chi connectivity index (χ2n) is 9.26. The number of amides is 2. The van der Waals surface area contributed by atoms with Crippen LogP contribution in [0.1, 0.15) is 28.9 Å². The molecule has 1 unspecified atom stereocenters. The summed E-state index contributed by atoms with van der Waals surface area (Å²) in [6.45, 7) is 2.72. The fraction of sp³-hybridized carbons (Fsp3) is 0.370. The van der Waals surface area contributed by atoms with E-state index in [1.54, 1.807) is 4.90 Å². The topological polar surface area (TPSA) is 81.2 Å². The summed E-state index contributed by atoms with van der Waals surface area (Å²) in [5.41, 5.74) is 2.68. The number of hydrogen-bond acceptors (Lipinski definition) is 7. The van der Waals surface area contributed by atoms with Gasteiger partial charge in [-0.3, -0.25) is 4.79 Å². The molecular formula is C27H27N3O5S. The van der Waals surface area contributed by atoms with Crippen LogP contribution < -0.4 is 9.47 Å². The molecule has 0 aliphatic carbocycles. The molecule has 3 aromatic rings.